The van der Waals surface area contributed by atoms with E-state index in [0.717, 1.165) is 0 Å². The summed E-state index contributed by atoms with van der Waals surface area (Å²) in [6.45, 7) is 3.52. The Kier molecular flexibility index (Phi) is 7.50. The second-order valence-electron chi connectivity index (χ2n) is 3.80. The average molecular weight is 361 g/mol. The van der Waals surface area contributed by atoms with Crippen LogP contribution in [0.1, 0.15) is 17.3 Å². The highest BCUT2D eigenvalue weighted by Gasteiger charge is 2.10. The van der Waals surface area contributed by atoms with E-state index in [4.69, 9.17) is 21.7 Å². The number of ether oxygens (including phenoxy) is 2. The third-order valence-corrected chi connectivity index (χ3v) is 3.17. The second kappa shape index (κ2) is 8.89. The lowest BCUT2D eigenvalue weighted by Gasteiger charge is -2.10. The molecule has 0 saturated heterocycles. The summed E-state index contributed by atoms with van der Waals surface area (Å²) in [6.07, 6.45) is 0. The highest BCUT2D eigenvalue weighted by Crippen LogP contribution is 2.25. The molecule has 0 atom stereocenters. The number of rotatable bonds is 6. The molecule has 0 heterocycles. The first-order chi connectivity index (χ1) is 9.58. The Morgan fingerprint density at radius 2 is 2.15 bits per heavy atom. The first-order valence-electron chi connectivity index (χ1n) is 6.09. The van der Waals surface area contributed by atoms with Crippen molar-refractivity contribution in [3.63, 3.8) is 0 Å². The molecule has 1 rings (SSSR count). The normalized spacial score (nSPS) is 9.95. The number of carbonyl (C=O) groups is 1. The molecule has 110 valence electrons. The molecule has 0 radical (unpaired) electrons. The quantitative estimate of drug-likeness (QED) is 0.600. The first kappa shape index (κ1) is 16.9. The van der Waals surface area contributed by atoms with Crippen molar-refractivity contribution in [2.75, 3.05) is 26.9 Å². The van der Waals surface area contributed by atoms with Gasteiger partial charge in [0, 0.05) is 19.2 Å². The number of hydrogen-bond donors (Lipinski definition) is 2. The molecule has 1 amide bonds. The molecule has 5 nitrogen and oxygen atoms in total. The zero-order chi connectivity index (χ0) is 15.0. The van der Waals surface area contributed by atoms with Gasteiger partial charge in [-0.2, -0.15) is 0 Å². The second-order valence-corrected chi connectivity index (χ2v) is 5.06. The predicted molar refractivity (Wildman–Crippen MR) is 85.3 cm³/mol. The van der Waals surface area contributed by atoms with Gasteiger partial charge in [-0.15, -0.1) is 0 Å². The Bertz CT molecular complexity index is 483. The molecule has 0 aliphatic carbocycles. The number of halogens is 1. The molecule has 1 aromatic carbocycles. The fourth-order valence-corrected chi connectivity index (χ4v) is 2.10. The zero-order valence-corrected chi connectivity index (χ0v) is 13.8. The Hall–Kier alpha value is -1.18. The van der Waals surface area contributed by atoms with Crippen molar-refractivity contribution in [2.24, 2.45) is 0 Å². The predicted octanol–water partition coefficient (Wildman–Crippen LogP) is 2.10. The Morgan fingerprint density at radius 1 is 1.40 bits per heavy atom. The highest BCUT2D eigenvalue weighted by atomic mass is 79.9. The number of thiocarbonyl (C=S) groups is 1. The number of benzene rings is 1. The minimum Gasteiger partial charge on any atom is -0.490 e. The fourth-order valence-electron chi connectivity index (χ4n) is 1.37. The van der Waals surface area contributed by atoms with E-state index in [-0.39, 0.29) is 5.91 Å². The van der Waals surface area contributed by atoms with Gasteiger partial charge < -0.3 is 14.8 Å². The van der Waals surface area contributed by atoms with Gasteiger partial charge in [-0.3, -0.25) is 10.1 Å². The summed E-state index contributed by atoms with van der Waals surface area (Å²) in [5.41, 5.74) is 0.496. The summed E-state index contributed by atoms with van der Waals surface area (Å²) in [6, 6.07) is 5.09. The minimum atomic E-state index is -0.264. The number of methoxy groups -OCH3 is 1. The molecule has 0 fully saturated rings. The van der Waals surface area contributed by atoms with Crippen LogP contribution in [0.25, 0.3) is 0 Å². The summed E-state index contributed by atoms with van der Waals surface area (Å²) in [4.78, 5) is 11.9. The number of hydrogen-bond acceptors (Lipinski definition) is 4. The molecule has 1 aromatic rings. The van der Waals surface area contributed by atoms with Gasteiger partial charge in [0.2, 0.25) is 0 Å². The van der Waals surface area contributed by atoms with E-state index in [1.807, 2.05) is 6.92 Å². The largest absolute Gasteiger partial charge is 0.490 e. The lowest BCUT2D eigenvalue weighted by atomic mass is 10.2. The minimum absolute atomic E-state index is 0.264. The van der Waals surface area contributed by atoms with Crippen molar-refractivity contribution < 1.29 is 14.3 Å². The smallest absolute Gasteiger partial charge is 0.257 e. The molecule has 0 unspecified atom stereocenters. The van der Waals surface area contributed by atoms with E-state index in [0.29, 0.717) is 40.7 Å². The van der Waals surface area contributed by atoms with E-state index in [1.165, 1.54) is 0 Å². The van der Waals surface area contributed by atoms with Crippen LogP contribution in [0.3, 0.4) is 0 Å². The SMILES string of the molecule is CCNC(=S)NC(=O)c1ccc(OCCOC)c(Br)c1. The Labute approximate surface area is 132 Å². The van der Waals surface area contributed by atoms with Crippen molar-refractivity contribution in [3.05, 3.63) is 28.2 Å². The molecule has 0 aliphatic rings. The topological polar surface area (TPSA) is 59.6 Å². The van der Waals surface area contributed by atoms with E-state index in [2.05, 4.69) is 26.6 Å². The molecule has 7 heteroatoms. The van der Waals surface area contributed by atoms with E-state index < -0.39 is 0 Å². The Balaban J connectivity index is 2.66. The first-order valence-corrected chi connectivity index (χ1v) is 7.29. The summed E-state index contributed by atoms with van der Waals surface area (Å²) in [5.74, 6) is 0.396. The van der Waals surface area contributed by atoms with Gasteiger partial charge in [0.15, 0.2) is 5.11 Å². The maximum absolute atomic E-state index is 11.9. The molecule has 0 aliphatic heterocycles. The third-order valence-electron chi connectivity index (χ3n) is 2.30. The van der Waals surface area contributed by atoms with Crippen LogP contribution in [-0.4, -0.2) is 37.9 Å². The van der Waals surface area contributed by atoms with Gasteiger partial charge in [0.1, 0.15) is 12.4 Å². The molecule has 0 saturated carbocycles. The molecular formula is C13H17BrN2O3S. The molecule has 0 spiro atoms. The van der Waals surface area contributed by atoms with Crippen molar-refractivity contribution in [1.29, 1.82) is 0 Å². The summed E-state index contributed by atoms with van der Waals surface area (Å²) in [5, 5.41) is 5.77. The van der Waals surface area contributed by atoms with Crippen LogP contribution < -0.4 is 15.4 Å². The van der Waals surface area contributed by atoms with E-state index >= 15 is 0 Å². The number of carbonyl (C=O) groups excluding carboxylic acids is 1. The van der Waals surface area contributed by atoms with Gasteiger partial charge >= 0.3 is 0 Å². The Morgan fingerprint density at radius 3 is 2.75 bits per heavy atom. The average Bonchev–Trinajstić information content (AvgIpc) is 2.41. The standard InChI is InChI=1S/C13H17BrN2O3S/c1-3-15-13(20)16-12(17)9-4-5-11(10(14)8-9)19-7-6-18-2/h4-5,8H,3,6-7H2,1-2H3,(H2,15,16,17,20). The van der Waals surface area contributed by atoms with Crippen LogP contribution in [0.15, 0.2) is 22.7 Å². The zero-order valence-electron chi connectivity index (χ0n) is 11.4. The lowest BCUT2D eigenvalue weighted by Crippen LogP contribution is -2.39. The van der Waals surface area contributed by atoms with Gasteiger partial charge in [-0.05, 0) is 53.3 Å². The third kappa shape index (κ3) is 5.44. The van der Waals surface area contributed by atoms with Gasteiger partial charge in [-0.25, -0.2) is 0 Å². The van der Waals surface area contributed by atoms with Crippen LogP contribution in [0.5, 0.6) is 5.75 Å². The monoisotopic (exact) mass is 360 g/mol. The van der Waals surface area contributed by atoms with Gasteiger partial charge in [-0.1, -0.05) is 0 Å². The van der Waals surface area contributed by atoms with Crippen LogP contribution in [0.4, 0.5) is 0 Å². The maximum Gasteiger partial charge on any atom is 0.257 e. The fraction of sp³-hybridized carbons (Fsp3) is 0.385. The van der Waals surface area contributed by atoms with E-state index in [1.54, 1.807) is 25.3 Å². The summed E-state index contributed by atoms with van der Waals surface area (Å²) >= 11 is 8.34. The van der Waals surface area contributed by atoms with Crippen molar-refractivity contribution in [3.8, 4) is 5.75 Å². The summed E-state index contributed by atoms with van der Waals surface area (Å²) in [7, 11) is 1.61. The van der Waals surface area contributed by atoms with Gasteiger partial charge in [0.25, 0.3) is 5.91 Å². The number of amides is 1. The van der Waals surface area contributed by atoms with Crippen LogP contribution in [0.2, 0.25) is 0 Å². The molecule has 20 heavy (non-hydrogen) atoms. The van der Waals surface area contributed by atoms with Crippen molar-refractivity contribution in [2.45, 2.75) is 6.92 Å². The lowest BCUT2D eigenvalue weighted by molar-refractivity contribution is 0.0976. The molecule has 0 bridgehead atoms. The van der Waals surface area contributed by atoms with Crippen LogP contribution in [0, 0.1) is 0 Å². The summed E-state index contributed by atoms with van der Waals surface area (Å²) < 4.78 is 11.1. The highest BCUT2D eigenvalue weighted by molar-refractivity contribution is 9.10. The van der Waals surface area contributed by atoms with Crippen LogP contribution >= 0.6 is 28.1 Å². The van der Waals surface area contributed by atoms with Crippen molar-refractivity contribution >= 4 is 39.2 Å². The van der Waals surface area contributed by atoms with E-state index in [9.17, 15) is 4.79 Å². The molecular weight excluding hydrogens is 344 g/mol. The van der Waals surface area contributed by atoms with Gasteiger partial charge in [0.05, 0.1) is 11.1 Å². The van der Waals surface area contributed by atoms with Crippen LogP contribution in [-0.2, 0) is 4.74 Å². The van der Waals surface area contributed by atoms with Crippen molar-refractivity contribution in [1.82, 2.24) is 10.6 Å². The molecule has 0 aromatic heterocycles. The number of nitrogens with one attached hydrogen (secondary N) is 2. The molecule has 2 N–H and O–H groups in total. The maximum atomic E-state index is 11.9.